The third-order valence-corrected chi connectivity index (χ3v) is 6.93. The maximum atomic E-state index is 14.6. The van der Waals surface area contributed by atoms with Crippen molar-refractivity contribution in [3.63, 3.8) is 0 Å². The molecule has 2 atom stereocenters. The molecule has 4 aromatic rings. The highest BCUT2D eigenvalue weighted by Crippen LogP contribution is 2.39. The van der Waals surface area contributed by atoms with Gasteiger partial charge in [-0.05, 0) is 61.9 Å². The van der Waals surface area contributed by atoms with Crippen molar-refractivity contribution in [2.75, 3.05) is 6.61 Å². The summed E-state index contributed by atoms with van der Waals surface area (Å²) in [6.45, 7) is 9.82. The molecule has 206 valence electrons. The van der Waals surface area contributed by atoms with E-state index in [-0.39, 0.29) is 35.5 Å². The molecule has 0 bridgehead atoms. The fraction of sp³-hybridized carbons (Fsp3) is 0.429. The molecule has 11 heteroatoms. The van der Waals surface area contributed by atoms with Crippen molar-refractivity contribution < 1.29 is 19.0 Å². The lowest BCUT2D eigenvalue weighted by Gasteiger charge is -2.30. The number of nitrogens with zero attached hydrogens (tertiary/aromatic N) is 7. The van der Waals surface area contributed by atoms with Gasteiger partial charge in [-0.1, -0.05) is 26.8 Å². The minimum absolute atomic E-state index is 0.0560. The second kappa shape index (κ2) is 11.6. The first kappa shape index (κ1) is 28.3. The Morgan fingerprint density at radius 2 is 1.77 bits per heavy atom. The fourth-order valence-corrected chi connectivity index (χ4v) is 4.78. The van der Waals surface area contributed by atoms with E-state index in [0.29, 0.717) is 17.2 Å². The van der Waals surface area contributed by atoms with Crippen molar-refractivity contribution in [3.8, 4) is 17.2 Å². The highest BCUT2D eigenvalue weighted by Gasteiger charge is 2.34. The molecule has 0 saturated heterocycles. The van der Waals surface area contributed by atoms with Crippen LogP contribution in [0.15, 0.2) is 42.9 Å². The monoisotopic (exact) mass is 537 g/mol. The van der Waals surface area contributed by atoms with Gasteiger partial charge in [0.1, 0.15) is 18.0 Å². The molecular weight excluding hydrogens is 504 g/mol. The Morgan fingerprint density at radius 3 is 2.41 bits per heavy atom. The van der Waals surface area contributed by atoms with E-state index in [0.717, 1.165) is 12.0 Å². The lowest BCUT2D eigenvalue weighted by atomic mass is 9.76. The summed E-state index contributed by atoms with van der Waals surface area (Å²) in [5.41, 5.74) is 1.32. The van der Waals surface area contributed by atoms with E-state index < -0.39 is 29.8 Å². The Kier molecular flexibility index (Phi) is 8.41. The maximum Gasteiger partial charge on any atom is 0.252 e. The fourth-order valence-electron chi connectivity index (χ4n) is 4.78. The Labute approximate surface area is 226 Å². The number of halogens is 2. The molecule has 0 amide bonds. The summed E-state index contributed by atoms with van der Waals surface area (Å²) in [5.74, 6) is -0.487. The minimum atomic E-state index is -0.961. The van der Waals surface area contributed by atoms with Crippen molar-refractivity contribution >= 4 is 0 Å². The standard InChI is InChI=1S/C28H33F2N7O2/c1-6-18(16(2)3)19-13-22(25-20(29)8-7-9-21(25)30)34-35-26(19)28(4,5)23-10-11-31-27(33-23)37-15-32-24(36-37)12-17(39)14-38/h7-11,13,15-18,38-39H,6,12,14H2,1-5H3/t17-,18-/m1/s1. The quantitative estimate of drug-likeness (QED) is 0.309. The molecule has 0 aliphatic carbocycles. The van der Waals surface area contributed by atoms with Crippen molar-refractivity contribution in [1.82, 2.24) is 34.9 Å². The second-order valence-electron chi connectivity index (χ2n) is 10.4. The molecule has 0 fully saturated rings. The summed E-state index contributed by atoms with van der Waals surface area (Å²) in [6.07, 6.45) is 2.98. The molecule has 0 spiro atoms. The SMILES string of the molecule is CC[C@@H](c1cc(-c2c(F)cccc2F)nnc1C(C)(C)c1ccnc(-n2cnc(C[C@@H](O)CO)n2)n1)C(C)C. The number of aliphatic hydroxyl groups is 2. The molecule has 1 aromatic carbocycles. The summed E-state index contributed by atoms with van der Waals surface area (Å²) < 4.78 is 30.7. The molecule has 0 aliphatic heterocycles. The van der Waals surface area contributed by atoms with E-state index in [1.54, 1.807) is 18.3 Å². The van der Waals surface area contributed by atoms with Crippen molar-refractivity contribution in [2.45, 2.75) is 64.9 Å². The minimum Gasteiger partial charge on any atom is -0.394 e. The van der Waals surface area contributed by atoms with Crippen LogP contribution in [-0.2, 0) is 11.8 Å². The van der Waals surface area contributed by atoms with Gasteiger partial charge in [0.2, 0.25) is 0 Å². The maximum absolute atomic E-state index is 14.6. The van der Waals surface area contributed by atoms with Crippen molar-refractivity contribution in [3.05, 3.63) is 77.3 Å². The molecule has 0 unspecified atom stereocenters. The molecule has 0 saturated carbocycles. The van der Waals surface area contributed by atoms with Gasteiger partial charge in [0.15, 0.2) is 5.82 Å². The number of rotatable bonds is 10. The normalized spacial score (nSPS) is 13.6. The largest absolute Gasteiger partial charge is 0.394 e. The van der Waals surface area contributed by atoms with Gasteiger partial charge < -0.3 is 10.2 Å². The van der Waals surface area contributed by atoms with Crippen LogP contribution in [0, 0.1) is 17.6 Å². The first-order valence-electron chi connectivity index (χ1n) is 12.9. The first-order valence-corrected chi connectivity index (χ1v) is 12.9. The Bertz CT molecular complexity index is 1420. The van der Waals surface area contributed by atoms with Crippen molar-refractivity contribution in [2.24, 2.45) is 5.92 Å². The second-order valence-corrected chi connectivity index (χ2v) is 10.4. The molecule has 9 nitrogen and oxygen atoms in total. The van der Waals surface area contributed by atoms with E-state index >= 15 is 0 Å². The zero-order valence-corrected chi connectivity index (χ0v) is 22.7. The highest BCUT2D eigenvalue weighted by atomic mass is 19.1. The van der Waals surface area contributed by atoms with Gasteiger partial charge >= 0.3 is 0 Å². The summed E-state index contributed by atoms with van der Waals surface area (Å²) >= 11 is 0. The molecule has 0 radical (unpaired) electrons. The van der Waals surface area contributed by atoms with Crippen molar-refractivity contribution in [1.29, 1.82) is 0 Å². The number of aromatic nitrogens is 7. The van der Waals surface area contributed by atoms with Crippen LogP contribution in [-0.4, -0.2) is 57.9 Å². The average Bonchev–Trinajstić information content (AvgIpc) is 3.37. The zero-order chi connectivity index (χ0) is 28.3. The summed E-state index contributed by atoms with van der Waals surface area (Å²) in [7, 11) is 0. The van der Waals surface area contributed by atoms with Gasteiger partial charge in [0, 0.05) is 12.6 Å². The van der Waals surface area contributed by atoms with Gasteiger partial charge in [-0.25, -0.2) is 23.7 Å². The Morgan fingerprint density at radius 1 is 1.05 bits per heavy atom. The molecule has 3 heterocycles. The van der Waals surface area contributed by atoms with E-state index in [9.17, 15) is 13.9 Å². The molecular formula is C28H33F2N7O2. The summed E-state index contributed by atoms with van der Waals surface area (Å²) in [5, 5.41) is 31.9. The predicted octanol–water partition coefficient (Wildman–Crippen LogP) is 4.16. The number of benzene rings is 1. The Balaban J connectivity index is 1.80. The van der Waals surface area contributed by atoms with Crippen LogP contribution in [0.5, 0.6) is 0 Å². The van der Waals surface area contributed by atoms with E-state index in [1.165, 1.54) is 29.2 Å². The van der Waals surface area contributed by atoms with Gasteiger partial charge in [-0.3, -0.25) is 0 Å². The lowest BCUT2D eigenvalue weighted by molar-refractivity contribution is 0.0939. The number of hydrogen-bond donors (Lipinski definition) is 2. The van der Waals surface area contributed by atoms with E-state index in [1.807, 2.05) is 13.8 Å². The van der Waals surface area contributed by atoms with E-state index in [4.69, 9.17) is 10.1 Å². The first-order chi connectivity index (χ1) is 18.6. The smallest absolute Gasteiger partial charge is 0.252 e. The predicted molar refractivity (Wildman–Crippen MR) is 141 cm³/mol. The molecule has 4 rings (SSSR count). The van der Waals surface area contributed by atoms with Crippen LogP contribution >= 0.6 is 0 Å². The third kappa shape index (κ3) is 5.84. The summed E-state index contributed by atoms with van der Waals surface area (Å²) in [4.78, 5) is 13.2. The van der Waals surface area contributed by atoms with Gasteiger partial charge in [-0.15, -0.1) is 10.2 Å². The number of hydrogen-bond acceptors (Lipinski definition) is 8. The number of aliphatic hydroxyl groups excluding tert-OH is 2. The van der Waals surface area contributed by atoms with Gasteiger partial charge in [0.25, 0.3) is 5.95 Å². The van der Waals surface area contributed by atoms with Gasteiger partial charge in [-0.2, -0.15) is 9.78 Å². The average molecular weight is 538 g/mol. The van der Waals surface area contributed by atoms with Crippen LogP contribution in [0.2, 0.25) is 0 Å². The van der Waals surface area contributed by atoms with Crippen LogP contribution in [0.25, 0.3) is 17.2 Å². The van der Waals surface area contributed by atoms with Gasteiger partial charge in [0.05, 0.1) is 40.8 Å². The molecule has 3 aromatic heterocycles. The molecule has 39 heavy (non-hydrogen) atoms. The van der Waals surface area contributed by atoms with Crippen LogP contribution in [0.4, 0.5) is 8.78 Å². The molecule has 2 N–H and O–H groups in total. The molecule has 0 aliphatic rings. The lowest BCUT2D eigenvalue weighted by Crippen LogP contribution is -2.27. The van der Waals surface area contributed by atoms with Crippen LogP contribution in [0.1, 0.15) is 69.7 Å². The van der Waals surface area contributed by atoms with Crippen LogP contribution < -0.4 is 0 Å². The third-order valence-electron chi connectivity index (χ3n) is 6.93. The summed E-state index contributed by atoms with van der Waals surface area (Å²) in [6, 6.07) is 7.27. The highest BCUT2D eigenvalue weighted by molar-refractivity contribution is 5.62. The Hall–Kier alpha value is -3.70. The zero-order valence-electron chi connectivity index (χ0n) is 22.7. The topological polar surface area (TPSA) is 123 Å². The van der Waals surface area contributed by atoms with Crippen LogP contribution in [0.3, 0.4) is 0 Å². The van der Waals surface area contributed by atoms with E-state index in [2.05, 4.69) is 46.0 Å².